The number of nitrogens with zero attached hydrogens (tertiary/aromatic N) is 1. The van der Waals surface area contributed by atoms with Crippen LogP contribution in [-0.4, -0.2) is 44.8 Å². The first-order chi connectivity index (χ1) is 11.2. The summed E-state index contributed by atoms with van der Waals surface area (Å²) in [5.74, 6) is 1.67. The van der Waals surface area contributed by atoms with E-state index in [0.29, 0.717) is 0 Å². The number of rotatable bonds is 13. The van der Waals surface area contributed by atoms with E-state index in [1.54, 1.807) is 7.11 Å². The van der Waals surface area contributed by atoms with Gasteiger partial charge in [0.1, 0.15) is 0 Å². The fourth-order valence-corrected chi connectivity index (χ4v) is 2.49. The lowest BCUT2D eigenvalue weighted by atomic mass is 10.2. The number of nitrogens with one attached hydrogen (secondary N) is 1. The Morgan fingerprint density at radius 1 is 1.04 bits per heavy atom. The Morgan fingerprint density at radius 3 is 2.48 bits per heavy atom. The van der Waals surface area contributed by atoms with Crippen LogP contribution in [0.2, 0.25) is 0 Å². The SMILES string of the molecule is CCCCCOc1ccc(CNCCN(CC)CC)cc1OC. The van der Waals surface area contributed by atoms with Crippen molar-refractivity contribution >= 4 is 0 Å². The molecule has 0 bridgehead atoms. The molecule has 1 aromatic carbocycles. The molecule has 4 nitrogen and oxygen atoms in total. The highest BCUT2D eigenvalue weighted by Gasteiger charge is 2.06. The molecule has 0 spiro atoms. The highest BCUT2D eigenvalue weighted by molar-refractivity contribution is 5.42. The first kappa shape index (κ1) is 19.8. The first-order valence-corrected chi connectivity index (χ1v) is 8.97. The summed E-state index contributed by atoms with van der Waals surface area (Å²) in [4.78, 5) is 2.42. The molecule has 4 heteroatoms. The second-order valence-electron chi connectivity index (χ2n) is 5.74. The molecule has 1 N–H and O–H groups in total. The lowest BCUT2D eigenvalue weighted by Gasteiger charge is -2.18. The van der Waals surface area contributed by atoms with E-state index >= 15 is 0 Å². The highest BCUT2D eigenvalue weighted by atomic mass is 16.5. The predicted molar refractivity (Wildman–Crippen MR) is 97.5 cm³/mol. The van der Waals surface area contributed by atoms with Crippen molar-refractivity contribution in [3.05, 3.63) is 23.8 Å². The number of benzene rings is 1. The van der Waals surface area contributed by atoms with Crippen LogP contribution < -0.4 is 14.8 Å². The van der Waals surface area contributed by atoms with Gasteiger partial charge in [0.15, 0.2) is 11.5 Å². The summed E-state index contributed by atoms with van der Waals surface area (Å²) in [6.07, 6.45) is 3.50. The minimum atomic E-state index is 0.756. The summed E-state index contributed by atoms with van der Waals surface area (Å²) in [7, 11) is 1.70. The Bertz CT molecular complexity index is 420. The van der Waals surface area contributed by atoms with Crippen molar-refractivity contribution in [1.29, 1.82) is 0 Å². The van der Waals surface area contributed by atoms with Gasteiger partial charge in [0.25, 0.3) is 0 Å². The van der Waals surface area contributed by atoms with E-state index in [2.05, 4.69) is 43.1 Å². The standard InChI is InChI=1S/C19H34N2O2/c1-5-8-9-14-23-18-11-10-17(15-19(18)22-4)16-20-12-13-21(6-2)7-3/h10-11,15,20H,5-9,12-14,16H2,1-4H3. The second-order valence-corrected chi connectivity index (χ2v) is 5.74. The van der Waals surface area contributed by atoms with Crippen LogP contribution >= 0.6 is 0 Å². The van der Waals surface area contributed by atoms with E-state index in [1.165, 1.54) is 18.4 Å². The van der Waals surface area contributed by atoms with E-state index < -0.39 is 0 Å². The highest BCUT2D eigenvalue weighted by Crippen LogP contribution is 2.28. The van der Waals surface area contributed by atoms with Crippen LogP contribution in [0, 0.1) is 0 Å². The van der Waals surface area contributed by atoms with Gasteiger partial charge in [-0.2, -0.15) is 0 Å². The zero-order valence-corrected chi connectivity index (χ0v) is 15.4. The summed E-state index contributed by atoms with van der Waals surface area (Å²) in [5, 5.41) is 3.49. The fraction of sp³-hybridized carbons (Fsp3) is 0.684. The molecule has 1 rings (SSSR count). The monoisotopic (exact) mass is 322 g/mol. The summed E-state index contributed by atoms with van der Waals surface area (Å²) in [5.41, 5.74) is 1.22. The summed E-state index contributed by atoms with van der Waals surface area (Å²) >= 11 is 0. The second kappa shape index (κ2) is 12.2. The van der Waals surface area contributed by atoms with Crippen LogP contribution in [0.15, 0.2) is 18.2 Å². The van der Waals surface area contributed by atoms with Gasteiger partial charge >= 0.3 is 0 Å². The largest absolute Gasteiger partial charge is 0.493 e. The lowest BCUT2D eigenvalue weighted by molar-refractivity contribution is 0.285. The minimum absolute atomic E-state index is 0.756. The number of hydrogen-bond donors (Lipinski definition) is 1. The Balaban J connectivity index is 2.42. The van der Waals surface area contributed by atoms with Gasteiger partial charge in [-0.15, -0.1) is 0 Å². The average Bonchev–Trinajstić information content (AvgIpc) is 2.59. The molecule has 0 saturated heterocycles. The maximum absolute atomic E-state index is 5.82. The zero-order valence-electron chi connectivity index (χ0n) is 15.4. The number of likely N-dealkylation sites (N-methyl/N-ethyl adjacent to an activating group) is 1. The molecule has 0 saturated carbocycles. The summed E-state index contributed by atoms with van der Waals surface area (Å²) < 4.78 is 11.3. The van der Waals surface area contributed by atoms with E-state index in [9.17, 15) is 0 Å². The van der Waals surface area contributed by atoms with E-state index in [1.807, 2.05) is 6.07 Å². The Kier molecular flexibility index (Phi) is 10.5. The summed E-state index contributed by atoms with van der Waals surface area (Å²) in [6, 6.07) is 6.20. The fourth-order valence-electron chi connectivity index (χ4n) is 2.49. The summed E-state index contributed by atoms with van der Waals surface area (Å²) in [6.45, 7) is 12.5. The molecule has 1 aromatic rings. The predicted octanol–water partition coefficient (Wildman–Crippen LogP) is 3.70. The smallest absolute Gasteiger partial charge is 0.161 e. The van der Waals surface area contributed by atoms with Crippen LogP contribution in [0.4, 0.5) is 0 Å². The molecule has 0 aliphatic carbocycles. The number of methoxy groups -OCH3 is 1. The maximum Gasteiger partial charge on any atom is 0.161 e. The third-order valence-electron chi connectivity index (χ3n) is 4.06. The molecular formula is C19H34N2O2. The molecule has 0 heterocycles. The molecule has 0 amide bonds. The van der Waals surface area contributed by atoms with Gasteiger partial charge in [-0.25, -0.2) is 0 Å². The third kappa shape index (κ3) is 7.71. The number of hydrogen-bond acceptors (Lipinski definition) is 4. The molecule has 23 heavy (non-hydrogen) atoms. The third-order valence-corrected chi connectivity index (χ3v) is 4.06. The van der Waals surface area contributed by atoms with Gasteiger partial charge < -0.3 is 19.7 Å². The van der Waals surface area contributed by atoms with Gasteiger partial charge in [0.05, 0.1) is 13.7 Å². The van der Waals surface area contributed by atoms with Gasteiger partial charge in [0.2, 0.25) is 0 Å². The normalized spacial score (nSPS) is 11.0. The number of unbranched alkanes of at least 4 members (excludes halogenated alkanes) is 2. The molecular weight excluding hydrogens is 288 g/mol. The molecule has 0 radical (unpaired) electrons. The van der Waals surface area contributed by atoms with Crippen LogP contribution in [0.3, 0.4) is 0 Å². The molecule has 0 aromatic heterocycles. The van der Waals surface area contributed by atoms with E-state index in [4.69, 9.17) is 9.47 Å². The molecule has 0 unspecified atom stereocenters. The molecule has 0 atom stereocenters. The molecule has 0 aliphatic heterocycles. The van der Waals surface area contributed by atoms with Crippen molar-refractivity contribution in [2.24, 2.45) is 0 Å². The maximum atomic E-state index is 5.82. The number of ether oxygens (including phenoxy) is 2. The van der Waals surface area contributed by atoms with Crippen molar-refractivity contribution in [2.45, 2.75) is 46.6 Å². The van der Waals surface area contributed by atoms with Crippen LogP contribution in [0.1, 0.15) is 45.6 Å². The van der Waals surface area contributed by atoms with Gasteiger partial charge in [0, 0.05) is 19.6 Å². The molecule has 0 fully saturated rings. The minimum Gasteiger partial charge on any atom is -0.493 e. The van der Waals surface area contributed by atoms with E-state index in [-0.39, 0.29) is 0 Å². The van der Waals surface area contributed by atoms with Gasteiger partial charge in [-0.05, 0) is 37.2 Å². The molecule has 0 aliphatic rings. The van der Waals surface area contributed by atoms with E-state index in [0.717, 1.165) is 57.3 Å². The molecule has 132 valence electrons. The Labute approximate surface area is 142 Å². The zero-order chi connectivity index (χ0) is 16.9. The van der Waals surface area contributed by atoms with Gasteiger partial charge in [-0.3, -0.25) is 0 Å². The topological polar surface area (TPSA) is 33.7 Å². The van der Waals surface area contributed by atoms with Crippen molar-refractivity contribution in [3.63, 3.8) is 0 Å². The van der Waals surface area contributed by atoms with Crippen molar-refractivity contribution < 1.29 is 9.47 Å². The Morgan fingerprint density at radius 2 is 1.83 bits per heavy atom. The average molecular weight is 322 g/mol. The first-order valence-electron chi connectivity index (χ1n) is 8.97. The Hall–Kier alpha value is -1.26. The van der Waals surface area contributed by atoms with Crippen molar-refractivity contribution in [2.75, 3.05) is 39.9 Å². The quantitative estimate of drug-likeness (QED) is 0.562. The van der Waals surface area contributed by atoms with Crippen LogP contribution in [-0.2, 0) is 6.54 Å². The van der Waals surface area contributed by atoms with Crippen LogP contribution in [0.25, 0.3) is 0 Å². The van der Waals surface area contributed by atoms with Crippen molar-refractivity contribution in [1.82, 2.24) is 10.2 Å². The van der Waals surface area contributed by atoms with Crippen LogP contribution in [0.5, 0.6) is 11.5 Å². The van der Waals surface area contributed by atoms with Gasteiger partial charge in [-0.1, -0.05) is 39.7 Å². The lowest BCUT2D eigenvalue weighted by Crippen LogP contribution is -2.31. The van der Waals surface area contributed by atoms with Crippen molar-refractivity contribution in [3.8, 4) is 11.5 Å².